The molecule has 3 saturated heterocycles. The predicted octanol–water partition coefficient (Wildman–Crippen LogP) is 1.85. The van der Waals surface area contributed by atoms with Gasteiger partial charge >= 0.3 is 0 Å². The van der Waals surface area contributed by atoms with Gasteiger partial charge in [-0.25, -0.2) is 9.97 Å². The molecule has 0 aromatic carbocycles. The highest BCUT2D eigenvalue weighted by molar-refractivity contribution is 5.80. The van der Waals surface area contributed by atoms with Crippen LogP contribution in [0.1, 0.15) is 43.5 Å². The minimum absolute atomic E-state index is 0.174. The summed E-state index contributed by atoms with van der Waals surface area (Å²) in [5.74, 6) is 2.03. The number of aromatic nitrogens is 2. The number of nitrogens with zero attached hydrogens (tertiary/aromatic N) is 4. The standard InChI is InChI=1S/C19H28N4O2/c1-25-13-18-20-7-15(8-21-18)9-22-11-16-5-6-17(12-22)23(19(16)24)10-14-3-2-4-14/h7-8,14,16-17H,2-6,9-13H2,1H3/t16-,17+/m0/s1. The molecule has 0 unspecified atom stereocenters. The van der Waals surface area contributed by atoms with Gasteiger partial charge in [-0.2, -0.15) is 0 Å². The van der Waals surface area contributed by atoms with Crippen molar-refractivity contribution >= 4 is 5.91 Å². The Morgan fingerprint density at radius 3 is 2.64 bits per heavy atom. The van der Waals surface area contributed by atoms with E-state index in [1.165, 1.54) is 19.3 Å². The number of fused-ring (bicyclic) bond motifs is 4. The maximum absolute atomic E-state index is 12.9. The van der Waals surface area contributed by atoms with Gasteiger partial charge in [-0.1, -0.05) is 6.42 Å². The molecule has 1 saturated carbocycles. The zero-order valence-corrected chi connectivity index (χ0v) is 15.1. The lowest BCUT2D eigenvalue weighted by molar-refractivity contribution is -0.141. The van der Waals surface area contributed by atoms with Crippen molar-refractivity contribution in [2.45, 2.75) is 51.3 Å². The number of carbonyl (C=O) groups is 1. The molecule has 1 aliphatic carbocycles. The molecule has 4 fully saturated rings. The Balaban J connectivity index is 1.41. The third kappa shape index (κ3) is 3.70. The molecule has 0 spiro atoms. The highest BCUT2D eigenvalue weighted by Crippen LogP contribution is 2.34. The molecule has 6 nitrogen and oxygen atoms in total. The second-order valence-corrected chi connectivity index (χ2v) is 7.85. The molecule has 1 aromatic heterocycles. The van der Waals surface area contributed by atoms with E-state index in [-0.39, 0.29) is 5.92 Å². The maximum Gasteiger partial charge on any atom is 0.227 e. The van der Waals surface area contributed by atoms with E-state index in [1.807, 2.05) is 12.4 Å². The maximum atomic E-state index is 12.9. The van der Waals surface area contributed by atoms with Crippen LogP contribution >= 0.6 is 0 Å². The van der Waals surface area contributed by atoms with Crippen molar-refractivity contribution in [1.29, 1.82) is 0 Å². The first-order valence-electron chi connectivity index (χ1n) is 9.54. The molecule has 3 aliphatic heterocycles. The van der Waals surface area contributed by atoms with Crippen molar-refractivity contribution in [3.05, 3.63) is 23.8 Å². The van der Waals surface area contributed by atoms with E-state index < -0.39 is 0 Å². The number of hydrogen-bond acceptors (Lipinski definition) is 5. The monoisotopic (exact) mass is 344 g/mol. The molecule has 25 heavy (non-hydrogen) atoms. The molecule has 2 atom stereocenters. The summed E-state index contributed by atoms with van der Waals surface area (Å²) in [6.07, 6.45) is 9.93. The highest BCUT2D eigenvalue weighted by Gasteiger charge is 2.41. The van der Waals surface area contributed by atoms with Crippen molar-refractivity contribution in [3.63, 3.8) is 0 Å². The van der Waals surface area contributed by atoms with E-state index in [0.717, 1.165) is 50.5 Å². The second-order valence-electron chi connectivity index (χ2n) is 7.85. The summed E-state index contributed by atoms with van der Waals surface area (Å²) in [6, 6.07) is 0.389. The summed E-state index contributed by atoms with van der Waals surface area (Å²) in [4.78, 5) is 26.2. The van der Waals surface area contributed by atoms with Crippen molar-refractivity contribution in [2.24, 2.45) is 11.8 Å². The lowest BCUT2D eigenvalue weighted by Crippen LogP contribution is -2.50. The summed E-state index contributed by atoms with van der Waals surface area (Å²) in [6.45, 7) is 4.11. The fourth-order valence-corrected chi connectivity index (χ4v) is 4.38. The third-order valence-corrected chi connectivity index (χ3v) is 5.99. The Morgan fingerprint density at radius 1 is 1.16 bits per heavy atom. The van der Waals surface area contributed by atoms with E-state index in [4.69, 9.17) is 4.74 Å². The minimum atomic E-state index is 0.174. The number of amides is 1. The molecule has 5 rings (SSSR count). The third-order valence-electron chi connectivity index (χ3n) is 5.99. The van der Waals surface area contributed by atoms with Gasteiger partial charge in [-0.3, -0.25) is 9.69 Å². The summed E-state index contributed by atoms with van der Waals surface area (Å²) in [5, 5.41) is 0. The summed E-state index contributed by atoms with van der Waals surface area (Å²) >= 11 is 0. The molecule has 6 heteroatoms. The first kappa shape index (κ1) is 16.9. The van der Waals surface area contributed by atoms with E-state index >= 15 is 0 Å². The molecule has 0 N–H and O–H groups in total. The zero-order chi connectivity index (χ0) is 17.2. The van der Waals surface area contributed by atoms with Crippen LogP contribution < -0.4 is 0 Å². The second kappa shape index (κ2) is 7.38. The van der Waals surface area contributed by atoms with Crippen LogP contribution in [0.15, 0.2) is 12.4 Å². The smallest absolute Gasteiger partial charge is 0.227 e. The van der Waals surface area contributed by atoms with Gasteiger partial charge in [-0.15, -0.1) is 0 Å². The van der Waals surface area contributed by atoms with Crippen LogP contribution in [0.25, 0.3) is 0 Å². The van der Waals surface area contributed by atoms with Crippen molar-refractivity contribution in [1.82, 2.24) is 19.8 Å². The first-order valence-corrected chi connectivity index (χ1v) is 9.54. The number of rotatable bonds is 6. The van der Waals surface area contributed by atoms with Crippen molar-refractivity contribution in [2.75, 3.05) is 26.7 Å². The summed E-state index contributed by atoms with van der Waals surface area (Å²) < 4.78 is 5.06. The van der Waals surface area contributed by atoms with Gasteiger partial charge in [0, 0.05) is 57.3 Å². The molecular weight excluding hydrogens is 316 g/mol. The lowest BCUT2D eigenvalue weighted by atomic mass is 9.83. The molecule has 2 bridgehead atoms. The van der Waals surface area contributed by atoms with Gasteiger partial charge in [-0.05, 0) is 31.6 Å². The zero-order valence-electron chi connectivity index (χ0n) is 15.1. The first-order chi connectivity index (χ1) is 12.2. The van der Waals surface area contributed by atoms with Gasteiger partial charge in [0.15, 0.2) is 5.82 Å². The summed E-state index contributed by atoms with van der Waals surface area (Å²) in [5.41, 5.74) is 1.11. The molecule has 4 heterocycles. The van der Waals surface area contributed by atoms with Crippen LogP contribution in [0.4, 0.5) is 0 Å². The molecule has 0 radical (unpaired) electrons. The average molecular weight is 344 g/mol. The lowest BCUT2D eigenvalue weighted by Gasteiger charge is -2.40. The van der Waals surface area contributed by atoms with Crippen molar-refractivity contribution < 1.29 is 9.53 Å². The van der Waals surface area contributed by atoms with Crippen LogP contribution in [0.2, 0.25) is 0 Å². The van der Waals surface area contributed by atoms with Crippen molar-refractivity contribution in [3.8, 4) is 0 Å². The minimum Gasteiger partial charge on any atom is -0.377 e. The molecular formula is C19H28N4O2. The van der Waals surface area contributed by atoms with Crippen LogP contribution in [-0.2, 0) is 22.7 Å². The van der Waals surface area contributed by atoms with E-state index in [0.29, 0.717) is 24.4 Å². The number of piperidine rings is 1. The predicted molar refractivity (Wildman–Crippen MR) is 93.6 cm³/mol. The summed E-state index contributed by atoms with van der Waals surface area (Å²) in [7, 11) is 1.65. The molecule has 4 aliphatic rings. The number of ether oxygens (including phenoxy) is 1. The van der Waals surface area contributed by atoms with E-state index in [9.17, 15) is 4.79 Å². The topological polar surface area (TPSA) is 58.6 Å². The van der Waals surface area contributed by atoms with E-state index in [1.54, 1.807) is 7.11 Å². The Kier molecular flexibility index (Phi) is 4.99. The molecule has 1 aromatic rings. The Bertz CT molecular complexity index is 602. The van der Waals surface area contributed by atoms with Crippen LogP contribution in [0, 0.1) is 11.8 Å². The quantitative estimate of drug-likeness (QED) is 0.788. The fourth-order valence-electron chi connectivity index (χ4n) is 4.38. The van der Waals surface area contributed by atoms with Gasteiger partial charge < -0.3 is 9.64 Å². The number of carbonyl (C=O) groups excluding carboxylic acids is 1. The van der Waals surface area contributed by atoms with Crippen LogP contribution in [-0.4, -0.2) is 58.5 Å². The van der Waals surface area contributed by atoms with Crippen LogP contribution in [0.5, 0.6) is 0 Å². The van der Waals surface area contributed by atoms with Gasteiger partial charge in [0.05, 0.1) is 5.92 Å². The van der Waals surface area contributed by atoms with Gasteiger partial charge in [0.2, 0.25) is 5.91 Å². The van der Waals surface area contributed by atoms with Crippen LogP contribution in [0.3, 0.4) is 0 Å². The molecule has 136 valence electrons. The SMILES string of the molecule is COCc1ncc(CN2C[C@@H]3CC[C@H](C2)N(CC2CCC2)C3=O)cn1. The average Bonchev–Trinajstić information content (AvgIpc) is 2.84. The number of hydrogen-bond donors (Lipinski definition) is 0. The normalized spacial score (nSPS) is 27.4. The Morgan fingerprint density at radius 2 is 1.96 bits per heavy atom. The highest BCUT2D eigenvalue weighted by atomic mass is 16.5. The van der Waals surface area contributed by atoms with Gasteiger partial charge in [0.1, 0.15) is 6.61 Å². The Labute approximate surface area is 149 Å². The van der Waals surface area contributed by atoms with E-state index in [2.05, 4.69) is 19.8 Å². The fraction of sp³-hybridized carbons (Fsp3) is 0.737. The van der Waals surface area contributed by atoms with Gasteiger partial charge in [0.25, 0.3) is 0 Å². The molecule has 1 amide bonds. The Hall–Kier alpha value is -1.53. The number of methoxy groups -OCH3 is 1. The largest absolute Gasteiger partial charge is 0.377 e.